The molecule has 4 rings (SSSR count). The fourth-order valence-corrected chi connectivity index (χ4v) is 4.82. The first-order chi connectivity index (χ1) is 15.6. The second-order valence-corrected chi connectivity index (χ2v) is 8.85. The molecule has 0 bridgehead atoms. The van der Waals surface area contributed by atoms with Gasteiger partial charge in [0.25, 0.3) is 0 Å². The maximum absolute atomic E-state index is 12.8. The Kier molecular flexibility index (Phi) is 6.93. The topological polar surface area (TPSA) is 53.9 Å². The molecule has 1 amide bonds. The minimum atomic E-state index is 0.260. The highest BCUT2D eigenvalue weighted by molar-refractivity contribution is 5.86. The molecule has 1 N–H and O–H groups in total. The second-order valence-electron chi connectivity index (χ2n) is 8.85. The van der Waals surface area contributed by atoms with Crippen LogP contribution in [0.3, 0.4) is 0 Å². The van der Waals surface area contributed by atoms with Crippen molar-refractivity contribution in [2.45, 2.75) is 53.0 Å². The zero-order chi connectivity index (χ0) is 22.5. The van der Waals surface area contributed by atoms with Crippen molar-refractivity contribution in [2.24, 2.45) is 5.92 Å². The Bertz CT molecular complexity index is 1110. The van der Waals surface area contributed by atoms with E-state index >= 15 is 0 Å². The van der Waals surface area contributed by atoms with Crippen LogP contribution in [-0.2, 0) is 11.3 Å². The summed E-state index contributed by atoms with van der Waals surface area (Å²) in [5.41, 5.74) is 6.01. The Labute approximate surface area is 190 Å². The predicted octanol–water partition coefficient (Wildman–Crippen LogP) is 5.88. The predicted molar refractivity (Wildman–Crippen MR) is 131 cm³/mol. The first kappa shape index (κ1) is 22.1. The lowest BCUT2D eigenvalue weighted by Crippen LogP contribution is -2.39. The van der Waals surface area contributed by atoms with Crippen molar-refractivity contribution < 1.29 is 4.79 Å². The van der Waals surface area contributed by atoms with Crippen LogP contribution in [0.5, 0.6) is 0 Å². The summed E-state index contributed by atoms with van der Waals surface area (Å²) in [6, 6.07) is 8.93. The molecule has 0 radical (unpaired) electrons. The molecule has 5 nitrogen and oxygen atoms in total. The number of aryl methyl sites for hydroxylation is 1. The number of likely N-dealkylation sites (tertiary alicyclic amines) is 1. The molecule has 32 heavy (non-hydrogen) atoms. The van der Waals surface area contributed by atoms with Crippen LogP contribution in [0.15, 0.2) is 60.5 Å². The number of nitrogens with zero attached hydrogens (tertiary/aromatic N) is 3. The SMILES string of the molecule is C/C=C\C(=C/CC)CC(=O)N1CCC(Cn2c(C)cc3cc(-c4cn[nH]c4)ccc32)CC1. The van der Waals surface area contributed by atoms with Gasteiger partial charge in [-0.25, -0.2) is 0 Å². The smallest absolute Gasteiger partial charge is 0.226 e. The number of aromatic nitrogens is 3. The van der Waals surface area contributed by atoms with Crippen molar-refractivity contribution >= 4 is 16.8 Å². The summed E-state index contributed by atoms with van der Waals surface area (Å²) in [6.45, 7) is 9.06. The van der Waals surface area contributed by atoms with Crippen LogP contribution in [0.2, 0.25) is 0 Å². The quantitative estimate of drug-likeness (QED) is 0.476. The third-order valence-electron chi connectivity index (χ3n) is 6.55. The van der Waals surface area contributed by atoms with E-state index in [0.29, 0.717) is 12.3 Å². The van der Waals surface area contributed by atoms with Gasteiger partial charge >= 0.3 is 0 Å². The van der Waals surface area contributed by atoms with E-state index < -0.39 is 0 Å². The summed E-state index contributed by atoms with van der Waals surface area (Å²) >= 11 is 0. The molecule has 3 heterocycles. The van der Waals surface area contributed by atoms with Gasteiger partial charge in [0.15, 0.2) is 0 Å². The molecule has 0 saturated carbocycles. The summed E-state index contributed by atoms with van der Waals surface area (Å²) in [6.07, 6.45) is 13.6. The molecule has 0 aliphatic carbocycles. The maximum atomic E-state index is 12.8. The molecule has 1 fully saturated rings. The van der Waals surface area contributed by atoms with Crippen molar-refractivity contribution in [3.63, 3.8) is 0 Å². The van der Waals surface area contributed by atoms with Crippen LogP contribution in [-0.4, -0.2) is 38.7 Å². The van der Waals surface area contributed by atoms with Gasteiger partial charge in [-0.2, -0.15) is 5.10 Å². The monoisotopic (exact) mass is 430 g/mol. The highest BCUT2D eigenvalue weighted by Gasteiger charge is 2.24. The van der Waals surface area contributed by atoms with Crippen LogP contribution >= 0.6 is 0 Å². The Morgan fingerprint density at radius 3 is 2.72 bits per heavy atom. The highest BCUT2D eigenvalue weighted by atomic mass is 16.2. The van der Waals surface area contributed by atoms with Gasteiger partial charge in [-0.1, -0.05) is 31.2 Å². The van der Waals surface area contributed by atoms with Crippen molar-refractivity contribution in [1.29, 1.82) is 0 Å². The average molecular weight is 431 g/mol. The van der Waals surface area contributed by atoms with Crippen LogP contribution in [0.25, 0.3) is 22.0 Å². The fourth-order valence-electron chi connectivity index (χ4n) is 4.82. The number of hydrogen-bond acceptors (Lipinski definition) is 2. The van der Waals surface area contributed by atoms with Gasteiger partial charge in [0.05, 0.1) is 12.6 Å². The number of rotatable bonds is 7. The lowest BCUT2D eigenvalue weighted by Gasteiger charge is -2.33. The molecule has 1 aliphatic heterocycles. The Balaban J connectivity index is 1.39. The van der Waals surface area contributed by atoms with E-state index in [1.54, 1.807) is 0 Å². The number of hydrogen-bond donors (Lipinski definition) is 1. The molecule has 1 aliphatic rings. The Morgan fingerprint density at radius 1 is 1.22 bits per heavy atom. The number of carbonyl (C=O) groups is 1. The lowest BCUT2D eigenvalue weighted by atomic mass is 9.96. The van der Waals surface area contributed by atoms with Crippen LogP contribution in [0.4, 0.5) is 0 Å². The van der Waals surface area contributed by atoms with Crippen LogP contribution in [0, 0.1) is 12.8 Å². The fraction of sp³-hybridized carbons (Fsp3) is 0.407. The summed E-state index contributed by atoms with van der Waals surface area (Å²) in [5, 5.41) is 8.23. The van der Waals surface area contributed by atoms with E-state index in [-0.39, 0.29) is 5.91 Å². The summed E-state index contributed by atoms with van der Waals surface area (Å²) in [7, 11) is 0. The number of nitrogens with one attached hydrogen (secondary N) is 1. The summed E-state index contributed by atoms with van der Waals surface area (Å²) in [5.74, 6) is 0.860. The molecule has 5 heteroatoms. The van der Waals surface area contributed by atoms with Gasteiger partial charge in [0.2, 0.25) is 5.91 Å². The van der Waals surface area contributed by atoms with Crippen molar-refractivity contribution in [2.75, 3.05) is 13.1 Å². The van der Waals surface area contributed by atoms with E-state index in [0.717, 1.165) is 50.0 Å². The van der Waals surface area contributed by atoms with E-state index in [2.05, 4.69) is 69.9 Å². The van der Waals surface area contributed by atoms with E-state index in [9.17, 15) is 4.79 Å². The number of piperidine rings is 1. The van der Waals surface area contributed by atoms with Gasteiger partial charge in [-0.15, -0.1) is 0 Å². The standard InChI is InChI=1S/C27H34N4O/c1-4-6-21(7-5-2)15-27(32)30-12-10-22(11-13-30)19-31-20(3)14-24-16-23(8-9-26(24)31)25-17-28-29-18-25/h4,6-9,14,16-18,22H,5,10-13,15,19H2,1-3H3,(H,28,29)/b6-4-,21-7+. The van der Waals surface area contributed by atoms with Gasteiger partial charge in [0.1, 0.15) is 0 Å². The zero-order valence-corrected chi connectivity index (χ0v) is 19.5. The second kappa shape index (κ2) is 10.0. The zero-order valence-electron chi connectivity index (χ0n) is 19.5. The molecule has 0 spiro atoms. The molecule has 0 unspecified atom stereocenters. The van der Waals surface area contributed by atoms with Crippen molar-refractivity contribution in [1.82, 2.24) is 19.7 Å². The van der Waals surface area contributed by atoms with E-state index in [1.165, 1.54) is 22.2 Å². The highest BCUT2D eigenvalue weighted by Crippen LogP contribution is 2.29. The lowest BCUT2D eigenvalue weighted by molar-refractivity contribution is -0.131. The van der Waals surface area contributed by atoms with Crippen molar-refractivity contribution in [3.05, 3.63) is 66.2 Å². The molecule has 1 aromatic carbocycles. The number of amides is 1. The van der Waals surface area contributed by atoms with E-state index in [4.69, 9.17) is 0 Å². The van der Waals surface area contributed by atoms with Crippen molar-refractivity contribution in [3.8, 4) is 11.1 Å². The molecular formula is C27H34N4O. The minimum absolute atomic E-state index is 0.260. The maximum Gasteiger partial charge on any atom is 0.226 e. The normalized spacial score (nSPS) is 15.8. The number of benzene rings is 1. The molecule has 0 atom stereocenters. The van der Waals surface area contributed by atoms with Crippen LogP contribution < -0.4 is 0 Å². The molecular weight excluding hydrogens is 396 g/mol. The van der Waals surface area contributed by atoms with Gasteiger partial charge in [-0.3, -0.25) is 9.89 Å². The third kappa shape index (κ3) is 4.87. The first-order valence-corrected chi connectivity index (χ1v) is 11.8. The first-order valence-electron chi connectivity index (χ1n) is 11.8. The Hall–Kier alpha value is -3.08. The van der Waals surface area contributed by atoms with Gasteiger partial charge in [0, 0.05) is 48.0 Å². The molecule has 1 saturated heterocycles. The third-order valence-corrected chi connectivity index (χ3v) is 6.55. The molecule has 2 aromatic heterocycles. The summed E-state index contributed by atoms with van der Waals surface area (Å²) in [4.78, 5) is 14.8. The largest absolute Gasteiger partial charge is 0.345 e. The number of carbonyl (C=O) groups excluding carboxylic acids is 1. The van der Waals surface area contributed by atoms with Crippen LogP contribution in [0.1, 0.15) is 45.2 Å². The molecule has 3 aromatic rings. The number of aromatic amines is 1. The Morgan fingerprint density at radius 2 is 2.03 bits per heavy atom. The minimum Gasteiger partial charge on any atom is -0.345 e. The number of allylic oxidation sites excluding steroid dienone is 3. The van der Waals surface area contributed by atoms with Gasteiger partial charge < -0.3 is 9.47 Å². The van der Waals surface area contributed by atoms with E-state index in [1.807, 2.05) is 25.4 Å². The van der Waals surface area contributed by atoms with Gasteiger partial charge in [-0.05, 0) is 68.4 Å². The number of H-pyrrole nitrogens is 1. The number of fused-ring (bicyclic) bond motifs is 1. The summed E-state index contributed by atoms with van der Waals surface area (Å²) < 4.78 is 2.45. The average Bonchev–Trinajstić information content (AvgIpc) is 3.43. The molecule has 168 valence electrons.